The van der Waals surface area contributed by atoms with Gasteiger partial charge in [-0.05, 0) is 6.42 Å². The van der Waals surface area contributed by atoms with Crippen LogP contribution in [0.25, 0.3) is 0 Å². The Morgan fingerprint density at radius 3 is 2.90 bits per heavy atom. The molecule has 1 aliphatic rings. The van der Waals surface area contributed by atoms with Crippen molar-refractivity contribution < 1.29 is 1.37 Å². The molecule has 0 aliphatic carbocycles. The molecule has 1 atom stereocenters. The van der Waals surface area contributed by atoms with Crippen LogP contribution in [0.1, 0.15) is 21.1 Å². The first-order valence-electron chi connectivity index (χ1n) is 4.41. The Morgan fingerprint density at radius 1 is 1.60 bits per heavy atom. The Kier molecular flexibility index (Phi) is 2.12. The average Bonchev–Trinajstić information content (AvgIpc) is 2.31. The molecule has 0 radical (unpaired) electrons. The molecule has 10 heavy (non-hydrogen) atoms. The third-order valence-corrected chi connectivity index (χ3v) is 1.59. The standard InChI is InChI=1S/C8H16N2/c1-3-4-5-10-7-6-9(2)8-10/h6-7H,3-5,8H2,1-2H3/i8D. The fourth-order valence-electron chi connectivity index (χ4n) is 0.975. The predicted molar refractivity (Wildman–Crippen MR) is 43.4 cm³/mol. The molecule has 0 spiro atoms. The van der Waals surface area contributed by atoms with Crippen LogP contribution >= 0.6 is 0 Å². The van der Waals surface area contributed by atoms with Crippen molar-refractivity contribution in [1.82, 2.24) is 9.80 Å². The molecule has 1 unspecified atom stereocenters. The first kappa shape index (κ1) is 6.08. The Bertz CT molecular complexity index is 147. The van der Waals surface area contributed by atoms with E-state index in [4.69, 9.17) is 1.37 Å². The molecule has 2 heteroatoms. The summed E-state index contributed by atoms with van der Waals surface area (Å²) in [4.78, 5) is 3.94. The summed E-state index contributed by atoms with van der Waals surface area (Å²) in [7, 11) is 1.93. The molecule has 0 aromatic heterocycles. The highest BCUT2D eigenvalue weighted by atomic mass is 15.3. The predicted octanol–water partition coefficient (Wildman–Crippen LogP) is 1.46. The molecule has 0 fully saturated rings. The van der Waals surface area contributed by atoms with Gasteiger partial charge in [-0.2, -0.15) is 0 Å². The monoisotopic (exact) mass is 141 g/mol. The molecule has 0 aromatic rings. The van der Waals surface area contributed by atoms with Gasteiger partial charge in [0.05, 0.1) is 8.02 Å². The van der Waals surface area contributed by atoms with E-state index in [1.165, 1.54) is 12.8 Å². The summed E-state index contributed by atoms with van der Waals surface area (Å²) in [5.41, 5.74) is 0. The molecule has 0 N–H and O–H groups in total. The highest BCUT2D eigenvalue weighted by Crippen LogP contribution is 2.04. The highest BCUT2D eigenvalue weighted by molar-refractivity contribution is 4.88. The van der Waals surface area contributed by atoms with Gasteiger partial charge in [0.15, 0.2) is 0 Å². The SMILES string of the molecule is [2H]C1N(C)C=CN1CCCC. The van der Waals surface area contributed by atoms with Crippen LogP contribution in [0, 0.1) is 0 Å². The second kappa shape index (κ2) is 3.49. The van der Waals surface area contributed by atoms with Crippen molar-refractivity contribution in [2.45, 2.75) is 19.8 Å². The van der Waals surface area contributed by atoms with E-state index in [-0.39, 0.29) is 6.64 Å². The molecule has 58 valence electrons. The van der Waals surface area contributed by atoms with Crippen molar-refractivity contribution in [1.29, 1.82) is 0 Å². The van der Waals surface area contributed by atoms with Gasteiger partial charge in [0, 0.05) is 26.0 Å². The molecule has 0 saturated carbocycles. The lowest BCUT2D eigenvalue weighted by molar-refractivity contribution is 0.293. The van der Waals surface area contributed by atoms with Gasteiger partial charge in [-0.1, -0.05) is 13.3 Å². The molecule has 2 nitrogen and oxygen atoms in total. The van der Waals surface area contributed by atoms with E-state index >= 15 is 0 Å². The number of unbranched alkanes of at least 4 members (excludes halogenated alkanes) is 1. The zero-order valence-corrected chi connectivity index (χ0v) is 6.75. The molecular formula is C8H16N2. The summed E-state index contributed by atoms with van der Waals surface area (Å²) in [6, 6.07) is 0. The van der Waals surface area contributed by atoms with Gasteiger partial charge in [0.1, 0.15) is 0 Å². The van der Waals surface area contributed by atoms with Gasteiger partial charge in [-0.15, -0.1) is 0 Å². The summed E-state index contributed by atoms with van der Waals surface area (Å²) in [5, 5.41) is 0. The third kappa shape index (κ3) is 1.94. The van der Waals surface area contributed by atoms with E-state index in [2.05, 4.69) is 6.92 Å². The Hall–Kier alpha value is -0.660. The normalized spacial score (nSPS) is 25.8. The van der Waals surface area contributed by atoms with Crippen molar-refractivity contribution in [3.63, 3.8) is 0 Å². The summed E-state index contributed by atoms with van der Waals surface area (Å²) in [5.74, 6) is 0. The van der Waals surface area contributed by atoms with Crippen molar-refractivity contribution in [3.8, 4) is 0 Å². The minimum absolute atomic E-state index is 0.193. The third-order valence-electron chi connectivity index (χ3n) is 1.59. The maximum Gasteiger partial charge on any atom is 0.0890 e. The van der Waals surface area contributed by atoms with Crippen molar-refractivity contribution in [2.24, 2.45) is 0 Å². The highest BCUT2D eigenvalue weighted by Gasteiger charge is 2.05. The van der Waals surface area contributed by atoms with E-state index in [1.807, 2.05) is 29.2 Å². The van der Waals surface area contributed by atoms with Crippen LogP contribution in [-0.2, 0) is 0 Å². The fourth-order valence-corrected chi connectivity index (χ4v) is 0.975. The first-order valence-corrected chi connectivity index (χ1v) is 3.84. The lowest BCUT2D eigenvalue weighted by Crippen LogP contribution is -2.23. The number of hydrogen-bond acceptors (Lipinski definition) is 2. The molecule has 0 amide bonds. The first-order chi connectivity index (χ1) is 5.25. The number of rotatable bonds is 3. The van der Waals surface area contributed by atoms with Gasteiger partial charge in [0.25, 0.3) is 0 Å². The molecule has 1 rings (SSSR count). The quantitative estimate of drug-likeness (QED) is 0.587. The Labute approximate surface area is 64.5 Å². The topological polar surface area (TPSA) is 6.48 Å². The lowest BCUT2D eigenvalue weighted by atomic mass is 10.3. The maximum absolute atomic E-state index is 7.66. The summed E-state index contributed by atoms with van der Waals surface area (Å²) in [6.07, 6.45) is 6.31. The average molecular weight is 141 g/mol. The number of hydrogen-bond donors (Lipinski definition) is 0. The van der Waals surface area contributed by atoms with Crippen LogP contribution in [0.15, 0.2) is 12.4 Å². The van der Waals surface area contributed by atoms with Gasteiger partial charge in [-0.25, -0.2) is 0 Å². The van der Waals surface area contributed by atoms with Crippen LogP contribution in [-0.4, -0.2) is 30.0 Å². The van der Waals surface area contributed by atoms with E-state index in [1.54, 1.807) is 0 Å². The van der Waals surface area contributed by atoms with Gasteiger partial charge < -0.3 is 9.80 Å². The zero-order chi connectivity index (χ0) is 8.27. The molecule has 0 saturated heterocycles. The molecular weight excluding hydrogens is 124 g/mol. The largest absolute Gasteiger partial charge is 0.362 e. The van der Waals surface area contributed by atoms with Crippen LogP contribution in [0.2, 0.25) is 0 Å². The Morgan fingerprint density at radius 2 is 2.40 bits per heavy atom. The summed E-state index contributed by atoms with van der Waals surface area (Å²) in [6.45, 7) is 2.98. The molecule has 0 aromatic carbocycles. The van der Waals surface area contributed by atoms with Crippen molar-refractivity contribution >= 4 is 0 Å². The van der Waals surface area contributed by atoms with Crippen molar-refractivity contribution in [3.05, 3.63) is 12.4 Å². The lowest BCUT2D eigenvalue weighted by Gasteiger charge is -2.17. The zero-order valence-electron chi connectivity index (χ0n) is 7.75. The van der Waals surface area contributed by atoms with Crippen LogP contribution in [0.5, 0.6) is 0 Å². The van der Waals surface area contributed by atoms with Crippen molar-refractivity contribution in [2.75, 3.05) is 20.2 Å². The van der Waals surface area contributed by atoms with Gasteiger partial charge in [-0.3, -0.25) is 0 Å². The van der Waals surface area contributed by atoms with Crippen LogP contribution in [0.3, 0.4) is 0 Å². The van der Waals surface area contributed by atoms with E-state index < -0.39 is 0 Å². The summed E-state index contributed by atoms with van der Waals surface area (Å²) >= 11 is 0. The molecule has 1 aliphatic heterocycles. The van der Waals surface area contributed by atoms with Gasteiger partial charge in [0.2, 0.25) is 0 Å². The van der Waals surface area contributed by atoms with E-state index in [9.17, 15) is 0 Å². The minimum atomic E-state index is -0.193. The second-order valence-corrected chi connectivity index (χ2v) is 2.67. The molecule has 0 bridgehead atoms. The van der Waals surface area contributed by atoms with Crippen LogP contribution in [0.4, 0.5) is 0 Å². The smallest absolute Gasteiger partial charge is 0.0890 e. The second-order valence-electron chi connectivity index (χ2n) is 2.67. The number of nitrogens with zero attached hydrogens (tertiary/aromatic N) is 2. The van der Waals surface area contributed by atoms with E-state index in [0.717, 1.165) is 6.54 Å². The Balaban J connectivity index is 2.31. The fraction of sp³-hybridized carbons (Fsp3) is 0.750. The minimum Gasteiger partial charge on any atom is -0.362 e. The van der Waals surface area contributed by atoms with Gasteiger partial charge >= 0.3 is 0 Å². The molecule has 1 heterocycles. The van der Waals surface area contributed by atoms with E-state index in [0.29, 0.717) is 0 Å². The maximum atomic E-state index is 7.66. The summed E-state index contributed by atoms with van der Waals surface area (Å²) < 4.78 is 7.66. The van der Waals surface area contributed by atoms with Crippen LogP contribution < -0.4 is 0 Å².